The monoisotopic (exact) mass is 192 g/mol. The van der Waals surface area contributed by atoms with Crippen molar-refractivity contribution in [2.24, 2.45) is 0 Å². The van der Waals surface area contributed by atoms with Crippen molar-refractivity contribution in [2.45, 2.75) is 39.5 Å². The van der Waals surface area contributed by atoms with Crippen molar-refractivity contribution >= 4 is 0 Å². The van der Waals surface area contributed by atoms with Crippen molar-refractivity contribution in [2.75, 3.05) is 7.11 Å². The second-order valence-electron chi connectivity index (χ2n) is 3.94. The molecule has 0 atom stereocenters. The third kappa shape index (κ3) is 2.28. The number of benzene rings is 1. The summed E-state index contributed by atoms with van der Waals surface area (Å²) >= 11 is 0. The Morgan fingerprint density at radius 3 is 2.50 bits per heavy atom. The fourth-order valence-electron chi connectivity index (χ4n) is 1.77. The molecule has 0 amide bonds. The lowest BCUT2D eigenvalue weighted by atomic mass is 9.97. The molecule has 0 aliphatic heterocycles. The lowest BCUT2D eigenvalue weighted by Gasteiger charge is -2.15. The molecule has 0 unspecified atom stereocenters. The molecule has 0 bridgehead atoms. The maximum atomic E-state index is 5.49. The van der Waals surface area contributed by atoms with Gasteiger partial charge in [-0.25, -0.2) is 0 Å². The van der Waals surface area contributed by atoms with Crippen LogP contribution in [0.15, 0.2) is 18.2 Å². The van der Waals surface area contributed by atoms with Crippen molar-refractivity contribution in [1.82, 2.24) is 0 Å². The van der Waals surface area contributed by atoms with Gasteiger partial charge in [-0.3, -0.25) is 0 Å². The fraction of sp³-hybridized carbons (Fsp3) is 0.538. The Labute approximate surface area is 87.1 Å². The zero-order valence-electron chi connectivity index (χ0n) is 9.63. The number of para-hydroxylation sites is 1. The van der Waals surface area contributed by atoms with Crippen LogP contribution >= 0.6 is 0 Å². The third-order valence-electron chi connectivity index (χ3n) is 2.47. The van der Waals surface area contributed by atoms with Crippen LogP contribution in [-0.4, -0.2) is 7.11 Å². The molecular weight excluding hydrogens is 172 g/mol. The summed E-state index contributed by atoms with van der Waals surface area (Å²) in [6, 6.07) is 6.44. The van der Waals surface area contributed by atoms with Gasteiger partial charge in [-0.15, -0.1) is 0 Å². The van der Waals surface area contributed by atoms with Crippen LogP contribution in [0.2, 0.25) is 0 Å². The summed E-state index contributed by atoms with van der Waals surface area (Å²) in [4.78, 5) is 0. The summed E-state index contributed by atoms with van der Waals surface area (Å²) in [5.41, 5.74) is 2.65. The van der Waals surface area contributed by atoms with Crippen molar-refractivity contribution in [3.63, 3.8) is 0 Å². The van der Waals surface area contributed by atoms with Crippen LogP contribution in [0.4, 0.5) is 0 Å². The van der Waals surface area contributed by atoms with Gasteiger partial charge in [0.25, 0.3) is 0 Å². The molecule has 1 heteroatoms. The van der Waals surface area contributed by atoms with Crippen molar-refractivity contribution in [3.8, 4) is 5.75 Å². The average molecular weight is 192 g/mol. The van der Waals surface area contributed by atoms with Gasteiger partial charge in [0.05, 0.1) is 7.11 Å². The van der Waals surface area contributed by atoms with E-state index in [0.717, 1.165) is 18.6 Å². The molecule has 0 fully saturated rings. The number of ether oxygens (including phenoxy) is 1. The minimum atomic E-state index is 0.529. The predicted molar refractivity (Wildman–Crippen MR) is 61.1 cm³/mol. The zero-order chi connectivity index (χ0) is 10.6. The van der Waals surface area contributed by atoms with Crippen LogP contribution in [-0.2, 0) is 6.42 Å². The Morgan fingerprint density at radius 1 is 1.29 bits per heavy atom. The minimum Gasteiger partial charge on any atom is -0.496 e. The van der Waals surface area contributed by atoms with E-state index in [4.69, 9.17) is 4.74 Å². The minimum absolute atomic E-state index is 0.529. The zero-order valence-corrected chi connectivity index (χ0v) is 9.63. The van der Waals surface area contributed by atoms with E-state index in [-0.39, 0.29) is 0 Å². The van der Waals surface area contributed by atoms with Crippen LogP contribution in [0.1, 0.15) is 44.2 Å². The summed E-state index contributed by atoms with van der Waals surface area (Å²) < 4.78 is 5.49. The highest BCUT2D eigenvalue weighted by Crippen LogP contribution is 2.30. The molecule has 0 saturated heterocycles. The Bertz CT molecular complexity index is 289. The normalized spacial score (nSPS) is 10.6. The van der Waals surface area contributed by atoms with Crippen LogP contribution in [0.25, 0.3) is 0 Å². The molecule has 0 spiro atoms. The molecule has 0 aromatic heterocycles. The first-order valence-corrected chi connectivity index (χ1v) is 5.36. The molecule has 1 aromatic carbocycles. The van der Waals surface area contributed by atoms with E-state index in [9.17, 15) is 0 Å². The van der Waals surface area contributed by atoms with Gasteiger partial charge >= 0.3 is 0 Å². The quantitative estimate of drug-likeness (QED) is 0.705. The molecule has 1 rings (SSSR count). The largest absolute Gasteiger partial charge is 0.496 e. The highest BCUT2D eigenvalue weighted by atomic mass is 16.5. The highest BCUT2D eigenvalue weighted by Gasteiger charge is 2.10. The van der Waals surface area contributed by atoms with Crippen molar-refractivity contribution in [1.29, 1.82) is 0 Å². The topological polar surface area (TPSA) is 9.23 Å². The molecule has 14 heavy (non-hydrogen) atoms. The second-order valence-corrected chi connectivity index (χ2v) is 3.94. The first kappa shape index (κ1) is 11.1. The number of aryl methyl sites for hydroxylation is 1. The van der Waals surface area contributed by atoms with Gasteiger partial charge in [-0.05, 0) is 23.5 Å². The Hall–Kier alpha value is -0.980. The number of hydrogen-bond donors (Lipinski definition) is 0. The lowest BCUT2D eigenvalue weighted by Crippen LogP contribution is -1.98. The molecule has 0 aliphatic carbocycles. The average Bonchev–Trinajstić information content (AvgIpc) is 2.18. The number of methoxy groups -OCH3 is 1. The summed E-state index contributed by atoms with van der Waals surface area (Å²) in [7, 11) is 1.76. The third-order valence-corrected chi connectivity index (χ3v) is 2.47. The molecule has 0 heterocycles. The molecule has 1 aromatic rings. The van der Waals surface area contributed by atoms with Gasteiger partial charge in [0.1, 0.15) is 5.75 Å². The summed E-state index contributed by atoms with van der Waals surface area (Å²) in [5, 5.41) is 0. The van der Waals surface area contributed by atoms with Gasteiger partial charge in [0.2, 0.25) is 0 Å². The molecule has 0 aliphatic rings. The summed E-state index contributed by atoms with van der Waals surface area (Å²) in [6.07, 6.45) is 2.27. The smallest absolute Gasteiger partial charge is 0.125 e. The van der Waals surface area contributed by atoms with Crippen molar-refractivity contribution in [3.05, 3.63) is 29.3 Å². The first-order valence-electron chi connectivity index (χ1n) is 5.36. The molecule has 0 radical (unpaired) electrons. The number of hydrogen-bond acceptors (Lipinski definition) is 1. The van der Waals surface area contributed by atoms with Gasteiger partial charge < -0.3 is 4.74 Å². The maximum absolute atomic E-state index is 5.49. The fourth-order valence-corrected chi connectivity index (χ4v) is 1.77. The standard InChI is InChI=1S/C13H20O/c1-5-7-11-8-6-9-12(10(2)3)13(11)14-4/h6,8-10H,5,7H2,1-4H3. The molecule has 0 N–H and O–H groups in total. The summed E-state index contributed by atoms with van der Waals surface area (Å²) in [5.74, 6) is 1.62. The van der Waals surface area contributed by atoms with Gasteiger partial charge in [0, 0.05) is 0 Å². The van der Waals surface area contributed by atoms with E-state index in [2.05, 4.69) is 39.0 Å². The first-order chi connectivity index (χ1) is 6.70. The predicted octanol–water partition coefficient (Wildman–Crippen LogP) is 3.77. The highest BCUT2D eigenvalue weighted by molar-refractivity contribution is 5.43. The van der Waals surface area contributed by atoms with E-state index in [1.54, 1.807) is 7.11 Å². The summed E-state index contributed by atoms with van der Waals surface area (Å²) in [6.45, 7) is 6.60. The van der Waals surface area contributed by atoms with E-state index in [1.807, 2.05) is 0 Å². The van der Waals surface area contributed by atoms with Crippen LogP contribution in [0.3, 0.4) is 0 Å². The molecule has 78 valence electrons. The van der Waals surface area contributed by atoms with E-state index in [1.165, 1.54) is 11.1 Å². The van der Waals surface area contributed by atoms with Gasteiger partial charge in [-0.1, -0.05) is 45.4 Å². The Kier molecular flexibility index (Phi) is 3.99. The SMILES string of the molecule is CCCc1cccc(C(C)C)c1OC. The molecular formula is C13H20O. The second kappa shape index (κ2) is 5.04. The Balaban J connectivity index is 3.11. The number of rotatable bonds is 4. The van der Waals surface area contributed by atoms with Crippen LogP contribution in [0.5, 0.6) is 5.75 Å². The van der Waals surface area contributed by atoms with E-state index in [0.29, 0.717) is 5.92 Å². The van der Waals surface area contributed by atoms with Gasteiger partial charge in [0.15, 0.2) is 0 Å². The van der Waals surface area contributed by atoms with E-state index >= 15 is 0 Å². The van der Waals surface area contributed by atoms with Gasteiger partial charge in [-0.2, -0.15) is 0 Å². The lowest BCUT2D eigenvalue weighted by molar-refractivity contribution is 0.402. The Morgan fingerprint density at radius 2 is 2.00 bits per heavy atom. The van der Waals surface area contributed by atoms with Crippen LogP contribution < -0.4 is 4.74 Å². The van der Waals surface area contributed by atoms with Crippen LogP contribution in [0, 0.1) is 0 Å². The van der Waals surface area contributed by atoms with E-state index < -0.39 is 0 Å². The maximum Gasteiger partial charge on any atom is 0.125 e. The molecule has 0 saturated carbocycles. The van der Waals surface area contributed by atoms with Crippen molar-refractivity contribution < 1.29 is 4.74 Å². The molecule has 1 nitrogen and oxygen atoms in total.